The van der Waals surface area contributed by atoms with Gasteiger partial charge in [-0.15, -0.1) is 11.3 Å². The first-order valence-electron chi connectivity index (χ1n) is 9.07. The van der Waals surface area contributed by atoms with Crippen molar-refractivity contribution in [2.24, 2.45) is 5.14 Å². The summed E-state index contributed by atoms with van der Waals surface area (Å²) in [5, 5.41) is 5.59. The second-order valence-electron chi connectivity index (χ2n) is 6.83. The summed E-state index contributed by atoms with van der Waals surface area (Å²) in [4.78, 5) is 8.59. The van der Waals surface area contributed by atoms with Gasteiger partial charge in [0.25, 0.3) is 0 Å². The Morgan fingerprint density at radius 3 is 2.21 bits per heavy atom. The number of rotatable bonds is 4. The molecule has 0 saturated carbocycles. The summed E-state index contributed by atoms with van der Waals surface area (Å²) in [5.41, 5.74) is 0.122. The molecular weight excluding hydrogens is 518 g/mol. The van der Waals surface area contributed by atoms with E-state index in [9.17, 15) is 21.6 Å². The van der Waals surface area contributed by atoms with Crippen molar-refractivity contribution in [1.29, 1.82) is 0 Å². The van der Waals surface area contributed by atoms with Crippen LogP contribution in [0.2, 0.25) is 10.0 Å². The van der Waals surface area contributed by atoms with Crippen molar-refractivity contribution < 1.29 is 21.6 Å². The van der Waals surface area contributed by atoms with Gasteiger partial charge in [0.2, 0.25) is 10.0 Å². The predicted molar refractivity (Wildman–Crippen MR) is 123 cm³/mol. The van der Waals surface area contributed by atoms with Crippen molar-refractivity contribution in [1.82, 2.24) is 9.97 Å². The number of aromatic nitrogens is 2. The number of primary sulfonamides is 1. The minimum atomic E-state index is -4.71. The Kier molecular flexibility index (Phi) is 6.23. The lowest BCUT2D eigenvalue weighted by Gasteiger charge is -2.12. The average molecular weight is 530 g/mol. The monoisotopic (exact) mass is 529 g/mol. The lowest BCUT2D eigenvalue weighted by molar-refractivity contribution is -0.141. The van der Waals surface area contributed by atoms with Crippen LogP contribution in [-0.4, -0.2) is 18.4 Å². The maximum Gasteiger partial charge on any atom is 0.433 e. The molecule has 2 heterocycles. The Balaban J connectivity index is 1.84. The molecule has 0 amide bonds. The number of halogens is 5. The minimum absolute atomic E-state index is 0.0175. The fraction of sp³-hybridized carbons (Fsp3) is 0.0476. The van der Waals surface area contributed by atoms with Gasteiger partial charge in [0, 0.05) is 16.0 Å². The van der Waals surface area contributed by atoms with E-state index >= 15 is 0 Å². The predicted octanol–water partition coefficient (Wildman–Crippen LogP) is 6.51. The topological polar surface area (TPSA) is 85.9 Å². The second kappa shape index (κ2) is 8.69. The van der Waals surface area contributed by atoms with Crippen LogP contribution in [0.5, 0.6) is 0 Å². The molecule has 5 nitrogen and oxygen atoms in total. The van der Waals surface area contributed by atoms with Crippen molar-refractivity contribution in [3.63, 3.8) is 0 Å². The van der Waals surface area contributed by atoms with Crippen molar-refractivity contribution >= 4 is 44.6 Å². The molecule has 0 aliphatic rings. The zero-order valence-electron chi connectivity index (χ0n) is 16.3. The van der Waals surface area contributed by atoms with E-state index in [4.69, 9.17) is 28.3 Å². The van der Waals surface area contributed by atoms with Crippen molar-refractivity contribution in [3.8, 4) is 33.1 Å². The Labute approximate surface area is 200 Å². The van der Waals surface area contributed by atoms with Crippen LogP contribution in [0, 0.1) is 0 Å². The van der Waals surface area contributed by atoms with Crippen LogP contribution in [0.3, 0.4) is 0 Å². The highest BCUT2D eigenvalue weighted by molar-refractivity contribution is 7.91. The molecule has 0 spiro atoms. The zero-order valence-corrected chi connectivity index (χ0v) is 19.4. The Morgan fingerprint density at radius 2 is 1.58 bits per heavy atom. The Morgan fingerprint density at radius 1 is 0.848 bits per heavy atom. The smallest absolute Gasteiger partial charge is 0.228 e. The van der Waals surface area contributed by atoms with Crippen LogP contribution in [0.1, 0.15) is 5.69 Å². The van der Waals surface area contributed by atoms with E-state index in [1.165, 1.54) is 24.3 Å². The number of nitrogens with zero attached hydrogens (tertiary/aromatic N) is 2. The van der Waals surface area contributed by atoms with Crippen molar-refractivity contribution in [3.05, 3.63) is 76.4 Å². The SMILES string of the molecule is NS(=O)(=O)c1ccc(-c2cccc(-c3nc(-c4ccc(Cl)c(Cl)c4)cc(C(F)(F)F)n3)c2)s1. The van der Waals surface area contributed by atoms with Crippen LogP contribution in [-0.2, 0) is 16.2 Å². The molecule has 12 heteroatoms. The molecule has 4 aromatic rings. The average Bonchev–Trinajstić information content (AvgIpc) is 3.26. The third-order valence-corrected chi connectivity index (χ3v) is 7.81. The van der Waals surface area contributed by atoms with E-state index in [1.807, 2.05) is 0 Å². The molecule has 0 aliphatic carbocycles. The van der Waals surface area contributed by atoms with E-state index in [2.05, 4.69) is 9.97 Å². The van der Waals surface area contributed by atoms with Gasteiger partial charge in [0.1, 0.15) is 9.90 Å². The van der Waals surface area contributed by atoms with Gasteiger partial charge in [-0.05, 0) is 42.0 Å². The molecule has 33 heavy (non-hydrogen) atoms. The third-order valence-electron chi connectivity index (χ3n) is 4.50. The van der Waals surface area contributed by atoms with Crippen LogP contribution >= 0.6 is 34.5 Å². The molecule has 0 atom stereocenters. The number of nitrogens with two attached hydrogens (primary N) is 1. The largest absolute Gasteiger partial charge is 0.433 e. The van der Waals surface area contributed by atoms with Gasteiger partial charge in [0.05, 0.1) is 15.7 Å². The fourth-order valence-corrected chi connectivity index (χ4v) is 4.99. The molecule has 4 rings (SSSR count). The highest BCUT2D eigenvalue weighted by Gasteiger charge is 2.34. The lowest BCUT2D eigenvalue weighted by Crippen LogP contribution is -2.10. The van der Waals surface area contributed by atoms with Crippen LogP contribution in [0.4, 0.5) is 13.2 Å². The summed E-state index contributed by atoms with van der Waals surface area (Å²) in [6.45, 7) is 0. The Bertz CT molecular complexity index is 1470. The maximum atomic E-state index is 13.6. The number of hydrogen-bond donors (Lipinski definition) is 1. The number of hydrogen-bond acceptors (Lipinski definition) is 5. The minimum Gasteiger partial charge on any atom is -0.228 e. The van der Waals surface area contributed by atoms with E-state index in [0.717, 1.165) is 17.4 Å². The van der Waals surface area contributed by atoms with Crippen molar-refractivity contribution in [2.45, 2.75) is 10.4 Å². The number of alkyl halides is 3. The molecule has 2 aromatic carbocycles. The standard InChI is InChI=1S/C21H12Cl2F3N3O2S2/c22-14-5-4-11(9-15(14)23)16-10-18(21(24,25)26)29-20(28-16)13-3-1-2-12(8-13)17-6-7-19(32-17)33(27,30)31/h1-10H,(H2,27,30,31). The van der Waals surface area contributed by atoms with Gasteiger partial charge in [-0.1, -0.05) is 47.5 Å². The van der Waals surface area contributed by atoms with E-state index < -0.39 is 21.9 Å². The summed E-state index contributed by atoms with van der Waals surface area (Å²) in [7, 11) is -3.87. The van der Waals surface area contributed by atoms with Crippen LogP contribution < -0.4 is 5.14 Å². The van der Waals surface area contributed by atoms with E-state index in [-0.39, 0.29) is 25.8 Å². The van der Waals surface area contributed by atoms with Gasteiger partial charge in [-0.2, -0.15) is 13.2 Å². The number of sulfonamides is 1. The molecule has 0 aliphatic heterocycles. The van der Waals surface area contributed by atoms with Gasteiger partial charge in [-0.3, -0.25) is 0 Å². The first kappa shape index (κ1) is 23.7. The van der Waals surface area contributed by atoms with Crippen molar-refractivity contribution in [2.75, 3.05) is 0 Å². The lowest BCUT2D eigenvalue weighted by atomic mass is 10.1. The number of benzene rings is 2. The number of thiophene rings is 1. The molecular formula is C21H12Cl2F3N3O2S2. The first-order valence-corrected chi connectivity index (χ1v) is 12.2. The summed E-state index contributed by atoms with van der Waals surface area (Å²) < 4.78 is 63.8. The molecule has 2 N–H and O–H groups in total. The van der Waals surface area contributed by atoms with Crippen LogP contribution in [0.15, 0.2) is 64.9 Å². The highest BCUT2D eigenvalue weighted by Crippen LogP contribution is 2.36. The van der Waals surface area contributed by atoms with Gasteiger partial charge >= 0.3 is 6.18 Å². The second-order valence-corrected chi connectivity index (χ2v) is 10.5. The summed E-state index contributed by atoms with van der Waals surface area (Å²) in [6, 6.07) is 14.6. The normalized spacial score (nSPS) is 12.2. The maximum absolute atomic E-state index is 13.6. The molecule has 0 saturated heterocycles. The van der Waals surface area contributed by atoms with Gasteiger partial charge in [-0.25, -0.2) is 23.5 Å². The van der Waals surface area contributed by atoms with Crippen LogP contribution in [0.25, 0.3) is 33.1 Å². The summed E-state index contributed by atoms with van der Waals surface area (Å²) in [5.74, 6) is -0.157. The molecule has 0 radical (unpaired) electrons. The van der Waals surface area contributed by atoms with E-state index in [1.54, 1.807) is 30.3 Å². The molecule has 0 bridgehead atoms. The summed E-state index contributed by atoms with van der Waals surface area (Å²) in [6.07, 6.45) is -4.71. The third kappa shape index (κ3) is 5.20. The molecule has 0 fully saturated rings. The zero-order chi connectivity index (χ0) is 24.0. The fourth-order valence-electron chi connectivity index (χ4n) is 2.96. The molecule has 170 valence electrons. The van der Waals surface area contributed by atoms with Gasteiger partial charge < -0.3 is 0 Å². The molecule has 2 aromatic heterocycles. The highest BCUT2D eigenvalue weighted by atomic mass is 35.5. The quantitative estimate of drug-likeness (QED) is 0.326. The first-order chi connectivity index (χ1) is 15.4. The van der Waals surface area contributed by atoms with E-state index in [0.29, 0.717) is 21.6 Å². The molecule has 0 unspecified atom stereocenters. The van der Waals surface area contributed by atoms with Gasteiger partial charge in [0.15, 0.2) is 5.82 Å². The summed E-state index contributed by atoms with van der Waals surface area (Å²) >= 11 is 12.9. The Hall–Kier alpha value is -2.50.